The van der Waals surface area contributed by atoms with Gasteiger partial charge in [0.1, 0.15) is 5.82 Å². The zero-order valence-corrected chi connectivity index (χ0v) is 15.3. The average Bonchev–Trinajstić information content (AvgIpc) is 3.15. The van der Waals surface area contributed by atoms with Crippen LogP contribution in [0, 0.1) is 5.82 Å². The quantitative estimate of drug-likeness (QED) is 0.657. The van der Waals surface area contributed by atoms with Crippen molar-refractivity contribution in [1.82, 2.24) is 14.9 Å². The van der Waals surface area contributed by atoms with E-state index >= 15 is 0 Å². The number of hydrogen-bond donors (Lipinski definition) is 1. The van der Waals surface area contributed by atoms with Crippen molar-refractivity contribution >= 4 is 10.0 Å². The van der Waals surface area contributed by atoms with Gasteiger partial charge < -0.3 is 13.9 Å². The number of rotatable bonds is 7. The van der Waals surface area contributed by atoms with Gasteiger partial charge in [-0.15, -0.1) is 10.2 Å². The molecule has 0 saturated heterocycles. The van der Waals surface area contributed by atoms with E-state index in [9.17, 15) is 12.8 Å². The Morgan fingerprint density at radius 1 is 1.04 bits per heavy atom. The number of benzene rings is 2. The molecule has 27 heavy (non-hydrogen) atoms. The molecule has 0 unspecified atom stereocenters. The summed E-state index contributed by atoms with van der Waals surface area (Å²) in [5.41, 5.74) is 0.526. The number of sulfonamides is 1. The maximum absolute atomic E-state index is 13.0. The van der Waals surface area contributed by atoms with Crippen LogP contribution >= 0.6 is 0 Å². The minimum absolute atomic E-state index is 0.00146. The third kappa shape index (κ3) is 4.23. The van der Waals surface area contributed by atoms with Crippen LogP contribution in [-0.4, -0.2) is 32.8 Å². The summed E-state index contributed by atoms with van der Waals surface area (Å²) < 4.78 is 55.8. The number of halogens is 1. The van der Waals surface area contributed by atoms with Crippen LogP contribution in [0.2, 0.25) is 0 Å². The molecule has 0 radical (unpaired) electrons. The zero-order valence-electron chi connectivity index (χ0n) is 14.5. The molecule has 0 spiro atoms. The molecular formula is C17H16FN3O5S. The van der Waals surface area contributed by atoms with E-state index in [0.29, 0.717) is 11.3 Å². The zero-order chi connectivity index (χ0) is 19.4. The lowest BCUT2D eigenvalue weighted by Gasteiger charge is -2.10. The van der Waals surface area contributed by atoms with E-state index < -0.39 is 10.0 Å². The number of nitrogens with zero attached hydrogens (tertiary/aromatic N) is 2. The number of ether oxygens (including phenoxy) is 2. The first kappa shape index (κ1) is 18.8. The fourth-order valence-corrected chi connectivity index (χ4v) is 3.25. The Morgan fingerprint density at radius 2 is 1.74 bits per heavy atom. The van der Waals surface area contributed by atoms with Gasteiger partial charge in [0.15, 0.2) is 11.5 Å². The van der Waals surface area contributed by atoms with Crippen molar-refractivity contribution in [2.45, 2.75) is 11.4 Å². The molecule has 2 aromatic carbocycles. The van der Waals surface area contributed by atoms with Crippen molar-refractivity contribution < 1.29 is 26.7 Å². The van der Waals surface area contributed by atoms with E-state index in [1.54, 1.807) is 0 Å². The van der Waals surface area contributed by atoms with Crippen LogP contribution in [-0.2, 0) is 16.6 Å². The van der Waals surface area contributed by atoms with Gasteiger partial charge in [-0.1, -0.05) is 0 Å². The first-order chi connectivity index (χ1) is 12.9. The molecule has 0 aliphatic carbocycles. The van der Waals surface area contributed by atoms with Crippen LogP contribution < -0.4 is 14.2 Å². The van der Waals surface area contributed by atoms with Crippen molar-refractivity contribution in [3.05, 3.63) is 54.2 Å². The summed E-state index contributed by atoms with van der Waals surface area (Å²) in [7, 11) is -0.969. The summed E-state index contributed by atoms with van der Waals surface area (Å²) in [4.78, 5) is -0.00146. The number of hydrogen-bond acceptors (Lipinski definition) is 7. The van der Waals surface area contributed by atoms with Crippen LogP contribution in [0.15, 0.2) is 51.8 Å². The van der Waals surface area contributed by atoms with E-state index in [2.05, 4.69) is 14.9 Å². The lowest BCUT2D eigenvalue weighted by molar-refractivity contribution is 0.354. The van der Waals surface area contributed by atoms with Gasteiger partial charge in [-0.25, -0.2) is 17.5 Å². The largest absolute Gasteiger partial charge is 0.493 e. The summed E-state index contributed by atoms with van der Waals surface area (Å²) in [5.74, 6) is 0.545. The Kier molecular flexibility index (Phi) is 5.38. The highest BCUT2D eigenvalue weighted by molar-refractivity contribution is 7.89. The highest BCUT2D eigenvalue weighted by Gasteiger charge is 2.18. The molecule has 0 aliphatic rings. The average molecular weight is 393 g/mol. The molecule has 0 saturated carbocycles. The molecule has 1 heterocycles. The van der Waals surface area contributed by atoms with Crippen molar-refractivity contribution in [2.75, 3.05) is 14.2 Å². The Labute approximate surface area is 155 Å². The van der Waals surface area contributed by atoms with E-state index in [0.717, 1.165) is 0 Å². The lowest BCUT2D eigenvalue weighted by atomic mass is 10.2. The molecule has 1 aromatic heterocycles. The summed E-state index contributed by atoms with van der Waals surface area (Å²) in [6.07, 6.45) is 0. The standard InChI is InChI=1S/C17H16FN3O5S/c1-24-14-8-7-13(9-15(14)25-2)27(22,23)19-10-16-20-21-17(26-16)11-3-5-12(18)6-4-11/h3-9,19H,10H2,1-2H3. The van der Waals surface area contributed by atoms with Gasteiger partial charge in [-0.05, 0) is 36.4 Å². The third-order valence-electron chi connectivity index (χ3n) is 3.64. The second-order valence-corrected chi connectivity index (χ2v) is 7.12. The topological polar surface area (TPSA) is 104 Å². The van der Waals surface area contributed by atoms with Crippen LogP contribution in [0.5, 0.6) is 11.5 Å². The highest BCUT2D eigenvalue weighted by Crippen LogP contribution is 2.29. The summed E-state index contributed by atoms with van der Waals surface area (Å²) >= 11 is 0. The maximum Gasteiger partial charge on any atom is 0.247 e. The smallest absolute Gasteiger partial charge is 0.247 e. The molecule has 0 atom stereocenters. The fraction of sp³-hybridized carbons (Fsp3) is 0.176. The van der Waals surface area contributed by atoms with Crippen molar-refractivity contribution in [1.29, 1.82) is 0 Å². The normalized spacial score (nSPS) is 11.4. The second kappa shape index (κ2) is 7.72. The van der Waals surface area contributed by atoms with Gasteiger partial charge in [0.05, 0.1) is 25.7 Å². The fourth-order valence-electron chi connectivity index (χ4n) is 2.26. The minimum Gasteiger partial charge on any atom is -0.493 e. The van der Waals surface area contributed by atoms with Crippen molar-refractivity contribution in [2.24, 2.45) is 0 Å². The molecule has 0 fully saturated rings. The molecule has 1 N–H and O–H groups in total. The molecule has 142 valence electrons. The number of nitrogens with one attached hydrogen (secondary N) is 1. The summed E-state index contributed by atoms with van der Waals surface area (Å²) in [6, 6.07) is 9.73. The molecule has 0 aliphatic heterocycles. The Balaban J connectivity index is 1.73. The Hall–Kier alpha value is -2.98. The minimum atomic E-state index is -3.84. The molecule has 0 bridgehead atoms. The number of aromatic nitrogens is 2. The maximum atomic E-state index is 13.0. The predicted molar refractivity (Wildman–Crippen MR) is 93.3 cm³/mol. The van der Waals surface area contributed by atoms with Gasteiger partial charge in [0.2, 0.25) is 21.8 Å². The van der Waals surface area contributed by atoms with E-state index in [-0.39, 0.29) is 34.8 Å². The first-order valence-electron chi connectivity index (χ1n) is 7.73. The van der Waals surface area contributed by atoms with Gasteiger partial charge in [-0.2, -0.15) is 0 Å². The predicted octanol–water partition coefficient (Wildman–Crippen LogP) is 2.37. The van der Waals surface area contributed by atoms with E-state index in [1.165, 1.54) is 56.7 Å². The van der Waals surface area contributed by atoms with Gasteiger partial charge in [0.25, 0.3) is 0 Å². The third-order valence-corrected chi connectivity index (χ3v) is 5.04. The molecule has 10 heteroatoms. The van der Waals surface area contributed by atoms with Crippen LogP contribution in [0.4, 0.5) is 4.39 Å². The second-order valence-electron chi connectivity index (χ2n) is 5.35. The highest BCUT2D eigenvalue weighted by atomic mass is 32.2. The molecular weight excluding hydrogens is 377 g/mol. The van der Waals surface area contributed by atoms with Gasteiger partial charge >= 0.3 is 0 Å². The molecule has 3 rings (SSSR count). The SMILES string of the molecule is COc1ccc(S(=O)(=O)NCc2nnc(-c3ccc(F)cc3)o2)cc1OC. The Morgan fingerprint density at radius 3 is 2.41 bits per heavy atom. The Bertz CT molecular complexity index is 1030. The van der Waals surface area contributed by atoms with Crippen LogP contribution in [0.1, 0.15) is 5.89 Å². The van der Waals surface area contributed by atoms with Crippen LogP contribution in [0.25, 0.3) is 11.5 Å². The monoisotopic (exact) mass is 393 g/mol. The van der Waals surface area contributed by atoms with E-state index in [4.69, 9.17) is 13.9 Å². The van der Waals surface area contributed by atoms with Gasteiger partial charge in [0, 0.05) is 11.6 Å². The van der Waals surface area contributed by atoms with Gasteiger partial charge in [-0.3, -0.25) is 0 Å². The van der Waals surface area contributed by atoms with Crippen LogP contribution in [0.3, 0.4) is 0 Å². The number of methoxy groups -OCH3 is 2. The first-order valence-corrected chi connectivity index (χ1v) is 9.21. The molecule has 8 nitrogen and oxygen atoms in total. The molecule has 3 aromatic rings. The molecule has 0 amide bonds. The van der Waals surface area contributed by atoms with E-state index in [1.807, 2.05) is 0 Å². The lowest BCUT2D eigenvalue weighted by Crippen LogP contribution is -2.23. The summed E-state index contributed by atoms with van der Waals surface area (Å²) in [6.45, 7) is -0.203. The van der Waals surface area contributed by atoms with Crippen molar-refractivity contribution in [3.63, 3.8) is 0 Å². The van der Waals surface area contributed by atoms with Crippen molar-refractivity contribution in [3.8, 4) is 23.0 Å². The summed E-state index contributed by atoms with van der Waals surface area (Å²) in [5, 5.41) is 7.62.